The molecule has 92 valence electrons. The second kappa shape index (κ2) is 5.93. The molecule has 0 bridgehead atoms. The summed E-state index contributed by atoms with van der Waals surface area (Å²) in [6, 6.07) is 0. The van der Waals surface area contributed by atoms with Gasteiger partial charge in [0.05, 0.1) is 0 Å². The predicted molar refractivity (Wildman–Crippen MR) is 88.5 cm³/mol. The van der Waals surface area contributed by atoms with E-state index in [4.69, 9.17) is 0 Å². The molecule has 0 spiro atoms. The van der Waals surface area contributed by atoms with Crippen molar-refractivity contribution in [3.8, 4) is 0 Å². The minimum absolute atomic E-state index is 0.956. The van der Waals surface area contributed by atoms with Gasteiger partial charge in [-0.2, -0.15) is 0 Å². The molecule has 2 saturated carbocycles. The third kappa shape index (κ3) is 3.61. The van der Waals surface area contributed by atoms with Crippen molar-refractivity contribution in [2.45, 2.75) is 68.2 Å². The highest BCUT2D eigenvalue weighted by molar-refractivity contribution is 6.26. The molecule has 0 heterocycles. The Balaban J connectivity index is 1.79. The molecule has 0 aromatic carbocycles. The van der Waals surface area contributed by atoms with Gasteiger partial charge >= 0.3 is 0 Å². The van der Waals surface area contributed by atoms with Gasteiger partial charge in [0.25, 0.3) is 0 Å². The van der Waals surface area contributed by atoms with Crippen molar-refractivity contribution in [3.63, 3.8) is 0 Å². The first kappa shape index (κ1) is 13.7. The summed E-state index contributed by atoms with van der Waals surface area (Å²) < 4.78 is 0. The van der Waals surface area contributed by atoms with Gasteiger partial charge in [-0.3, -0.25) is 0 Å². The molecule has 2 unspecified atom stereocenters. The van der Waals surface area contributed by atoms with Crippen LogP contribution in [-0.2, 0) is 0 Å². The van der Waals surface area contributed by atoms with Crippen molar-refractivity contribution >= 4 is 31.4 Å². The van der Waals surface area contributed by atoms with Crippen LogP contribution in [0.2, 0.25) is 23.3 Å². The lowest BCUT2D eigenvalue weighted by molar-refractivity contribution is 0.246. The average Bonchev–Trinajstić information content (AvgIpc) is 2.29. The number of rotatable bonds is 2. The Hall–Kier alpha value is 0.260. The van der Waals surface area contributed by atoms with Crippen LogP contribution in [-0.4, -0.2) is 31.4 Å². The molecule has 0 aromatic rings. The Bertz CT molecular complexity index is 226. The highest BCUT2D eigenvalue weighted by atomic mass is 14.3. The molecule has 2 atom stereocenters. The summed E-state index contributed by atoms with van der Waals surface area (Å²) >= 11 is 0. The Kier molecular flexibility index (Phi) is 4.78. The van der Waals surface area contributed by atoms with Crippen LogP contribution in [0.3, 0.4) is 0 Å². The zero-order valence-electron chi connectivity index (χ0n) is 12.4. The highest BCUT2D eigenvalue weighted by Gasteiger charge is 2.31. The maximum absolute atomic E-state index is 2.48. The molecule has 0 aromatic heterocycles. The van der Waals surface area contributed by atoms with E-state index in [0.717, 1.165) is 35.1 Å². The standard InChI is InChI=1S/C13H28B4/c14-10-3-1-8(2-4-10)5-9-6-11(15)13(17)12(16)7-9/h8-13H,1-7,14-17H2. The SMILES string of the molecule is BC1CCC(CC2CC(B)C(B)C(B)C2)CC1. The van der Waals surface area contributed by atoms with Gasteiger partial charge in [0, 0.05) is 0 Å². The third-order valence-corrected chi connectivity index (χ3v) is 6.01. The van der Waals surface area contributed by atoms with E-state index < -0.39 is 0 Å². The molecular formula is C13H28B4. The maximum atomic E-state index is 2.48. The summed E-state index contributed by atoms with van der Waals surface area (Å²) in [6.45, 7) is 0. The lowest BCUT2D eigenvalue weighted by Gasteiger charge is -2.40. The van der Waals surface area contributed by atoms with Crippen molar-refractivity contribution in [2.75, 3.05) is 0 Å². The van der Waals surface area contributed by atoms with Crippen LogP contribution in [0.1, 0.15) is 44.9 Å². The Morgan fingerprint density at radius 2 is 1.24 bits per heavy atom. The van der Waals surface area contributed by atoms with E-state index in [1.54, 1.807) is 6.42 Å². The topological polar surface area (TPSA) is 0 Å². The van der Waals surface area contributed by atoms with Gasteiger partial charge in [0.2, 0.25) is 0 Å². The van der Waals surface area contributed by atoms with E-state index in [9.17, 15) is 0 Å². The fourth-order valence-electron chi connectivity index (χ4n) is 4.37. The minimum atomic E-state index is 0.956. The Morgan fingerprint density at radius 3 is 1.76 bits per heavy atom. The third-order valence-electron chi connectivity index (χ3n) is 6.01. The van der Waals surface area contributed by atoms with Crippen molar-refractivity contribution in [1.82, 2.24) is 0 Å². The van der Waals surface area contributed by atoms with Gasteiger partial charge in [-0.15, -0.1) is 0 Å². The van der Waals surface area contributed by atoms with Crippen LogP contribution < -0.4 is 0 Å². The second-order valence-corrected chi connectivity index (χ2v) is 7.51. The molecule has 0 radical (unpaired) electrons. The van der Waals surface area contributed by atoms with Gasteiger partial charge in [-0.05, 0) is 18.3 Å². The molecule has 2 rings (SSSR count). The molecule has 17 heavy (non-hydrogen) atoms. The Morgan fingerprint density at radius 1 is 0.706 bits per heavy atom. The van der Waals surface area contributed by atoms with Crippen molar-refractivity contribution in [2.24, 2.45) is 11.8 Å². The monoisotopic (exact) mass is 228 g/mol. The molecule has 0 aliphatic heterocycles. The number of hydrogen-bond donors (Lipinski definition) is 0. The van der Waals surface area contributed by atoms with Crippen LogP contribution in [0.4, 0.5) is 0 Å². The lowest BCUT2D eigenvalue weighted by Crippen LogP contribution is -2.25. The molecule has 2 aliphatic rings. The normalized spacial score (nSPS) is 47.8. The van der Waals surface area contributed by atoms with Gasteiger partial charge < -0.3 is 0 Å². The van der Waals surface area contributed by atoms with E-state index in [1.807, 2.05) is 0 Å². The predicted octanol–water partition coefficient (Wildman–Crippen LogP) is 0.663. The van der Waals surface area contributed by atoms with Crippen LogP contribution >= 0.6 is 0 Å². The van der Waals surface area contributed by atoms with Crippen LogP contribution in [0.15, 0.2) is 0 Å². The Labute approximate surface area is 112 Å². The van der Waals surface area contributed by atoms with Crippen molar-refractivity contribution in [3.05, 3.63) is 0 Å². The summed E-state index contributed by atoms with van der Waals surface area (Å²) in [5.41, 5.74) is 0. The summed E-state index contributed by atoms with van der Waals surface area (Å²) in [7, 11) is 9.86. The largest absolute Gasteiger partial charge is 0.105 e. The summed E-state index contributed by atoms with van der Waals surface area (Å²) in [5, 5.41) is 0. The van der Waals surface area contributed by atoms with Crippen molar-refractivity contribution in [1.29, 1.82) is 0 Å². The second-order valence-electron chi connectivity index (χ2n) is 7.51. The summed E-state index contributed by atoms with van der Waals surface area (Å²) in [5.74, 6) is 6.02. The molecule has 2 aliphatic carbocycles. The first-order valence-electron chi connectivity index (χ1n) is 8.06. The smallest absolute Gasteiger partial charge is 0.0781 e. The molecule has 2 fully saturated rings. The summed E-state index contributed by atoms with van der Waals surface area (Å²) in [6.07, 6.45) is 10.6. The summed E-state index contributed by atoms with van der Waals surface area (Å²) in [4.78, 5) is 0. The van der Waals surface area contributed by atoms with E-state index >= 15 is 0 Å². The fraction of sp³-hybridized carbons (Fsp3) is 1.00. The quantitative estimate of drug-likeness (QED) is 0.608. The molecule has 4 heteroatoms. The maximum Gasteiger partial charge on any atom is 0.105 e. The van der Waals surface area contributed by atoms with Crippen molar-refractivity contribution < 1.29 is 0 Å². The average molecular weight is 228 g/mol. The molecule has 0 amide bonds. The van der Waals surface area contributed by atoms with Crippen LogP contribution in [0.5, 0.6) is 0 Å². The van der Waals surface area contributed by atoms with E-state index in [1.165, 1.54) is 38.5 Å². The first-order valence-corrected chi connectivity index (χ1v) is 8.06. The minimum Gasteiger partial charge on any atom is -0.0781 e. The first-order chi connectivity index (χ1) is 8.06. The molecular weight excluding hydrogens is 199 g/mol. The zero-order chi connectivity index (χ0) is 12.4. The van der Waals surface area contributed by atoms with Gasteiger partial charge in [0.15, 0.2) is 0 Å². The fourth-order valence-corrected chi connectivity index (χ4v) is 4.37. The van der Waals surface area contributed by atoms with Crippen LogP contribution in [0, 0.1) is 11.8 Å². The van der Waals surface area contributed by atoms with Gasteiger partial charge in [-0.1, -0.05) is 61.8 Å². The van der Waals surface area contributed by atoms with Crippen LogP contribution in [0.25, 0.3) is 0 Å². The van der Waals surface area contributed by atoms with Gasteiger partial charge in [-0.25, -0.2) is 0 Å². The number of hydrogen-bond acceptors (Lipinski definition) is 0. The van der Waals surface area contributed by atoms with E-state index in [0.29, 0.717) is 0 Å². The lowest BCUT2D eigenvalue weighted by atomic mass is 9.48. The highest BCUT2D eigenvalue weighted by Crippen LogP contribution is 2.47. The molecule has 0 N–H and O–H groups in total. The molecule has 0 nitrogen and oxygen atoms in total. The zero-order valence-corrected chi connectivity index (χ0v) is 12.4. The van der Waals surface area contributed by atoms with E-state index in [2.05, 4.69) is 31.4 Å². The van der Waals surface area contributed by atoms with Gasteiger partial charge in [0.1, 0.15) is 31.4 Å². The van der Waals surface area contributed by atoms with E-state index in [-0.39, 0.29) is 0 Å². The molecule has 0 saturated heterocycles.